The Morgan fingerprint density at radius 1 is 0.818 bits per heavy atom. The number of benzene rings is 2. The fourth-order valence-electron chi connectivity index (χ4n) is 4.66. The van der Waals surface area contributed by atoms with Crippen molar-refractivity contribution in [1.29, 1.82) is 0 Å². The van der Waals surface area contributed by atoms with Crippen LogP contribution >= 0.6 is 0 Å². The molecule has 3 saturated carbocycles. The van der Waals surface area contributed by atoms with Crippen LogP contribution in [0.3, 0.4) is 0 Å². The molecule has 6 heteroatoms. The van der Waals surface area contributed by atoms with Crippen molar-refractivity contribution in [2.24, 2.45) is 5.73 Å². The average Bonchev–Trinajstić information content (AvgIpc) is 3.67. The van der Waals surface area contributed by atoms with Crippen molar-refractivity contribution in [2.75, 3.05) is 27.2 Å². The van der Waals surface area contributed by atoms with E-state index in [1.807, 2.05) is 24.1 Å². The van der Waals surface area contributed by atoms with Crippen LogP contribution in [-0.2, 0) is 9.59 Å². The Morgan fingerprint density at radius 3 is 1.70 bits per heavy atom. The molecule has 0 bridgehead atoms. The zero-order valence-electron chi connectivity index (χ0n) is 19.7. The lowest BCUT2D eigenvalue weighted by Crippen LogP contribution is -2.37. The van der Waals surface area contributed by atoms with Crippen molar-refractivity contribution in [3.8, 4) is 0 Å². The van der Waals surface area contributed by atoms with Crippen molar-refractivity contribution < 1.29 is 9.59 Å². The van der Waals surface area contributed by atoms with Gasteiger partial charge in [0, 0.05) is 30.0 Å². The lowest BCUT2D eigenvalue weighted by Gasteiger charge is -2.16. The van der Waals surface area contributed by atoms with Gasteiger partial charge in [0.2, 0.25) is 11.8 Å². The molecule has 2 aromatic rings. The van der Waals surface area contributed by atoms with E-state index in [4.69, 9.17) is 5.73 Å². The first kappa shape index (κ1) is 23.5. The van der Waals surface area contributed by atoms with Crippen LogP contribution in [0.15, 0.2) is 60.7 Å². The van der Waals surface area contributed by atoms with Gasteiger partial charge in [-0.15, -0.1) is 0 Å². The van der Waals surface area contributed by atoms with E-state index in [0.717, 1.165) is 19.3 Å². The lowest BCUT2D eigenvalue weighted by atomic mass is 10.1. The molecule has 3 N–H and O–H groups in total. The summed E-state index contributed by atoms with van der Waals surface area (Å²) < 4.78 is 0. The molecule has 3 aliphatic carbocycles. The normalized spacial score (nSPS) is 25.2. The van der Waals surface area contributed by atoms with E-state index in [9.17, 15) is 9.59 Å². The van der Waals surface area contributed by atoms with Crippen LogP contribution < -0.4 is 11.1 Å². The Hall–Kier alpha value is -2.70. The van der Waals surface area contributed by atoms with E-state index in [1.54, 1.807) is 0 Å². The Balaban J connectivity index is 0.000000160. The van der Waals surface area contributed by atoms with Gasteiger partial charge in [-0.2, -0.15) is 0 Å². The topological polar surface area (TPSA) is 78.7 Å². The van der Waals surface area contributed by atoms with Crippen molar-refractivity contribution in [2.45, 2.75) is 55.6 Å². The lowest BCUT2D eigenvalue weighted by molar-refractivity contribution is -0.122. The number of nitrogens with two attached hydrogens (primary N) is 1. The number of primary amides is 1. The number of rotatable bonds is 9. The van der Waals surface area contributed by atoms with Gasteiger partial charge in [-0.1, -0.05) is 60.7 Å². The maximum absolute atomic E-state index is 11.7. The maximum Gasteiger partial charge on any atom is 0.234 e. The number of nitrogens with one attached hydrogen (secondary N) is 1. The highest BCUT2D eigenvalue weighted by molar-refractivity contribution is 5.78. The van der Waals surface area contributed by atoms with Crippen LogP contribution in [0.1, 0.15) is 48.6 Å². The fraction of sp³-hybridized carbons (Fsp3) is 0.481. The molecule has 5 rings (SSSR count). The minimum atomic E-state index is -0.254. The van der Waals surface area contributed by atoms with Gasteiger partial charge in [-0.25, -0.2) is 0 Å². The summed E-state index contributed by atoms with van der Waals surface area (Å²) in [5.41, 5.74) is 7.92. The molecule has 4 atom stereocenters. The molecule has 6 nitrogen and oxygen atoms in total. The third kappa shape index (κ3) is 6.89. The first-order chi connectivity index (χ1) is 15.9. The van der Waals surface area contributed by atoms with E-state index >= 15 is 0 Å². The van der Waals surface area contributed by atoms with Gasteiger partial charge in [-0.05, 0) is 50.9 Å². The van der Waals surface area contributed by atoms with Crippen molar-refractivity contribution >= 4 is 11.8 Å². The summed E-state index contributed by atoms with van der Waals surface area (Å²) in [5, 5.41) is 3.04. The van der Waals surface area contributed by atoms with Crippen LogP contribution in [0, 0.1) is 0 Å². The first-order valence-electron chi connectivity index (χ1n) is 12.0. The smallest absolute Gasteiger partial charge is 0.234 e. The summed E-state index contributed by atoms with van der Waals surface area (Å²) in [6, 6.07) is 22.5. The number of nitrogens with zero attached hydrogens (tertiary/aromatic N) is 2. The molecule has 0 spiro atoms. The third-order valence-electron chi connectivity index (χ3n) is 6.84. The molecule has 0 saturated heterocycles. The van der Waals surface area contributed by atoms with Gasteiger partial charge in [0.1, 0.15) is 0 Å². The Labute approximate surface area is 197 Å². The second kappa shape index (κ2) is 10.5. The predicted molar refractivity (Wildman–Crippen MR) is 131 cm³/mol. The molecule has 3 fully saturated rings. The van der Waals surface area contributed by atoms with Crippen LogP contribution in [0.25, 0.3) is 0 Å². The van der Waals surface area contributed by atoms with Crippen LogP contribution in [0.2, 0.25) is 0 Å². The maximum atomic E-state index is 11.7. The van der Waals surface area contributed by atoms with Gasteiger partial charge in [0.25, 0.3) is 0 Å². The van der Waals surface area contributed by atoms with Gasteiger partial charge in [0.05, 0.1) is 13.1 Å². The molecule has 0 radical (unpaired) electrons. The van der Waals surface area contributed by atoms with Crippen molar-refractivity contribution in [1.82, 2.24) is 15.1 Å². The highest BCUT2D eigenvalue weighted by atomic mass is 16.2. The van der Waals surface area contributed by atoms with Crippen LogP contribution in [0.5, 0.6) is 0 Å². The molecule has 2 amide bonds. The van der Waals surface area contributed by atoms with E-state index in [-0.39, 0.29) is 11.8 Å². The molecule has 0 unspecified atom stereocenters. The number of amides is 2. The summed E-state index contributed by atoms with van der Waals surface area (Å²) in [5.74, 6) is 1.12. The molecule has 33 heavy (non-hydrogen) atoms. The second-order valence-corrected chi connectivity index (χ2v) is 9.78. The summed E-state index contributed by atoms with van der Waals surface area (Å²) in [4.78, 5) is 26.7. The Morgan fingerprint density at radius 2 is 1.27 bits per heavy atom. The molecular formula is C27H36N4O2. The number of carbonyl (C=O) groups is 2. The van der Waals surface area contributed by atoms with Crippen LogP contribution in [0.4, 0.5) is 0 Å². The molecule has 0 aliphatic heterocycles. The Bertz CT molecular complexity index is 932. The van der Waals surface area contributed by atoms with Gasteiger partial charge >= 0.3 is 0 Å². The van der Waals surface area contributed by atoms with Gasteiger partial charge in [0.15, 0.2) is 0 Å². The molecule has 3 aliphatic rings. The predicted octanol–water partition coefficient (Wildman–Crippen LogP) is 2.71. The minimum Gasteiger partial charge on any atom is -0.369 e. The average molecular weight is 449 g/mol. The van der Waals surface area contributed by atoms with E-state index < -0.39 is 0 Å². The standard InChI is InChI=1S/C15H20N2O.C12H16N2O/c1-17(10-15(18)16-12-7-8-12)14-9-13(14)11-5-3-2-4-6-11;1-14(8-12(13)15)11-7-10(11)9-5-3-2-4-6-9/h2-6,12-14H,7-10H2,1H3,(H,16,18);2-6,10-11H,7-8H2,1H3,(H2,13,15)/t13-,14+;10-,11+/m00/s1. The summed E-state index contributed by atoms with van der Waals surface area (Å²) in [6.45, 7) is 0.887. The van der Waals surface area contributed by atoms with Gasteiger partial charge < -0.3 is 11.1 Å². The first-order valence-corrected chi connectivity index (χ1v) is 12.0. The Kier molecular flexibility index (Phi) is 7.46. The zero-order chi connectivity index (χ0) is 23.4. The fourth-order valence-corrected chi connectivity index (χ4v) is 4.66. The SMILES string of the molecule is CN(CC(=O)NC1CC1)[C@@H]1C[C@H]1c1ccccc1.CN(CC(N)=O)[C@@H]1C[C@H]1c1ccccc1. The summed E-state index contributed by atoms with van der Waals surface area (Å²) >= 11 is 0. The van der Waals surface area contributed by atoms with E-state index in [2.05, 4.69) is 65.8 Å². The molecule has 0 aromatic heterocycles. The summed E-state index contributed by atoms with van der Waals surface area (Å²) in [7, 11) is 4.01. The largest absolute Gasteiger partial charge is 0.369 e. The quantitative estimate of drug-likeness (QED) is 0.618. The second-order valence-electron chi connectivity index (χ2n) is 9.78. The van der Waals surface area contributed by atoms with Crippen molar-refractivity contribution in [3.63, 3.8) is 0 Å². The molecule has 2 aromatic carbocycles. The number of likely N-dealkylation sites (N-methyl/N-ethyl adjacent to an activating group) is 2. The monoisotopic (exact) mass is 448 g/mol. The molecule has 176 valence electrons. The molecular weight excluding hydrogens is 412 g/mol. The summed E-state index contributed by atoms with van der Waals surface area (Å²) in [6.07, 6.45) is 4.63. The van der Waals surface area contributed by atoms with E-state index in [1.165, 1.54) is 17.5 Å². The van der Waals surface area contributed by atoms with Crippen molar-refractivity contribution in [3.05, 3.63) is 71.8 Å². The number of hydrogen-bond donors (Lipinski definition) is 2. The van der Waals surface area contributed by atoms with Gasteiger partial charge in [-0.3, -0.25) is 19.4 Å². The minimum absolute atomic E-state index is 0.179. The highest BCUT2D eigenvalue weighted by Crippen LogP contribution is 2.44. The zero-order valence-corrected chi connectivity index (χ0v) is 19.7. The number of carbonyl (C=O) groups excluding carboxylic acids is 2. The third-order valence-corrected chi connectivity index (χ3v) is 6.84. The molecule has 0 heterocycles. The van der Waals surface area contributed by atoms with Crippen LogP contribution in [-0.4, -0.2) is 66.9 Å². The highest BCUT2D eigenvalue weighted by Gasteiger charge is 2.42. The number of hydrogen-bond acceptors (Lipinski definition) is 4. The van der Waals surface area contributed by atoms with E-state index in [0.29, 0.717) is 43.1 Å².